The van der Waals surface area contributed by atoms with E-state index in [9.17, 15) is 9.18 Å². The molecule has 2 aliphatic heterocycles. The first-order chi connectivity index (χ1) is 13.2. The Balaban J connectivity index is 1.32. The van der Waals surface area contributed by atoms with Gasteiger partial charge >= 0.3 is 6.03 Å². The average Bonchev–Trinajstić information content (AvgIpc) is 3.23. The number of anilines is 1. The van der Waals surface area contributed by atoms with E-state index in [1.165, 1.54) is 18.6 Å². The van der Waals surface area contributed by atoms with Crippen LogP contribution in [-0.2, 0) is 0 Å². The molecule has 2 heterocycles. The standard InChI is InChI=1S/C21H25FN4O/c22-18-3-1-2-17(14-18)16-4-6-19(7-5-16)24-21(27)26-12-10-25(11-13-26)20-8-9-23-15-20/h1-7,14,20,23H,8-13,15H2,(H,24,27)/t20-/m0/s1. The summed E-state index contributed by atoms with van der Waals surface area (Å²) in [5.41, 5.74) is 2.50. The van der Waals surface area contributed by atoms with Crippen LogP contribution in [0.1, 0.15) is 6.42 Å². The van der Waals surface area contributed by atoms with Crippen LogP contribution < -0.4 is 10.6 Å². The summed E-state index contributed by atoms with van der Waals surface area (Å²) in [5, 5.41) is 6.37. The monoisotopic (exact) mass is 368 g/mol. The van der Waals surface area contributed by atoms with Gasteiger partial charge in [0.2, 0.25) is 0 Å². The van der Waals surface area contributed by atoms with Gasteiger partial charge in [-0.05, 0) is 48.4 Å². The van der Waals surface area contributed by atoms with Gasteiger partial charge in [-0.1, -0.05) is 24.3 Å². The molecule has 2 aliphatic rings. The summed E-state index contributed by atoms with van der Waals surface area (Å²) in [6.45, 7) is 5.52. The molecule has 0 aromatic heterocycles. The molecule has 1 atom stereocenters. The Morgan fingerprint density at radius 3 is 2.48 bits per heavy atom. The fraction of sp³-hybridized carbons (Fsp3) is 0.381. The second-order valence-corrected chi connectivity index (χ2v) is 7.19. The molecule has 2 amide bonds. The predicted octanol–water partition coefficient (Wildman–Crippen LogP) is 3.00. The van der Waals surface area contributed by atoms with E-state index in [4.69, 9.17) is 0 Å². The van der Waals surface area contributed by atoms with Gasteiger partial charge in [-0.25, -0.2) is 9.18 Å². The van der Waals surface area contributed by atoms with Crippen molar-refractivity contribution in [1.29, 1.82) is 0 Å². The second-order valence-electron chi connectivity index (χ2n) is 7.19. The summed E-state index contributed by atoms with van der Waals surface area (Å²) >= 11 is 0. The highest BCUT2D eigenvalue weighted by Gasteiger charge is 2.27. The van der Waals surface area contributed by atoms with E-state index in [1.807, 2.05) is 35.2 Å². The lowest BCUT2D eigenvalue weighted by molar-refractivity contribution is 0.119. The van der Waals surface area contributed by atoms with Crippen LogP contribution in [0.25, 0.3) is 11.1 Å². The van der Waals surface area contributed by atoms with Gasteiger partial charge in [0, 0.05) is 44.5 Å². The Hall–Kier alpha value is -2.44. The number of urea groups is 1. The van der Waals surface area contributed by atoms with E-state index >= 15 is 0 Å². The number of nitrogens with one attached hydrogen (secondary N) is 2. The van der Waals surface area contributed by atoms with Crippen molar-refractivity contribution in [2.24, 2.45) is 0 Å². The third kappa shape index (κ3) is 4.28. The number of amides is 2. The van der Waals surface area contributed by atoms with Gasteiger partial charge in [-0.15, -0.1) is 0 Å². The molecule has 2 aromatic rings. The van der Waals surface area contributed by atoms with Crippen molar-refractivity contribution in [3.05, 3.63) is 54.3 Å². The van der Waals surface area contributed by atoms with E-state index in [0.717, 1.165) is 56.1 Å². The molecule has 6 heteroatoms. The van der Waals surface area contributed by atoms with Crippen molar-refractivity contribution in [2.75, 3.05) is 44.6 Å². The average molecular weight is 368 g/mol. The van der Waals surface area contributed by atoms with Gasteiger partial charge in [0.05, 0.1) is 0 Å². The highest BCUT2D eigenvalue weighted by Crippen LogP contribution is 2.22. The summed E-state index contributed by atoms with van der Waals surface area (Å²) in [7, 11) is 0. The molecule has 0 spiro atoms. The van der Waals surface area contributed by atoms with Crippen molar-refractivity contribution in [3.8, 4) is 11.1 Å². The molecule has 0 aliphatic carbocycles. The van der Waals surface area contributed by atoms with Crippen LogP contribution in [0.15, 0.2) is 48.5 Å². The van der Waals surface area contributed by atoms with Crippen LogP contribution in [0.4, 0.5) is 14.9 Å². The Morgan fingerprint density at radius 2 is 1.81 bits per heavy atom. The first-order valence-electron chi connectivity index (χ1n) is 9.56. The minimum absolute atomic E-state index is 0.0577. The molecule has 2 aromatic carbocycles. The lowest BCUT2D eigenvalue weighted by Gasteiger charge is -2.37. The molecule has 0 bridgehead atoms. The van der Waals surface area contributed by atoms with Crippen LogP contribution in [0, 0.1) is 5.82 Å². The molecule has 5 nitrogen and oxygen atoms in total. The SMILES string of the molecule is O=C(Nc1ccc(-c2cccc(F)c2)cc1)N1CCN([C@H]2CCNC2)CC1. The van der Waals surface area contributed by atoms with Crippen LogP contribution in [0.5, 0.6) is 0 Å². The molecule has 0 radical (unpaired) electrons. The van der Waals surface area contributed by atoms with Gasteiger partial charge in [0.1, 0.15) is 5.82 Å². The molecule has 27 heavy (non-hydrogen) atoms. The molecule has 2 saturated heterocycles. The van der Waals surface area contributed by atoms with Crippen molar-refractivity contribution in [2.45, 2.75) is 12.5 Å². The van der Waals surface area contributed by atoms with Crippen molar-refractivity contribution in [1.82, 2.24) is 15.1 Å². The minimum Gasteiger partial charge on any atom is -0.322 e. The normalized spacial score (nSPS) is 20.6. The molecule has 2 N–H and O–H groups in total. The number of hydrogen-bond donors (Lipinski definition) is 2. The highest BCUT2D eigenvalue weighted by molar-refractivity contribution is 5.89. The maximum Gasteiger partial charge on any atom is 0.321 e. The fourth-order valence-corrected chi connectivity index (χ4v) is 3.86. The zero-order chi connectivity index (χ0) is 18.6. The number of hydrogen-bond acceptors (Lipinski definition) is 3. The first kappa shape index (κ1) is 17.9. The van der Waals surface area contributed by atoms with Crippen LogP contribution in [-0.4, -0.2) is 61.1 Å². The van der Waals surface area contributed by atoms with Gasteiger partial charge in [-0.3, -0.25) is 4.90 Å². The number of benzene rings is 2. The Bertz CT molecular complexity index is 781. The van der Waals surface area contributed by atoms with Crippen LogP contribution in [0.2, 0.25) is 0 Å². The molecule has 0 saturated carbocycles. The topological polar surface area (TPSA) is 47.6 Å². The fourth-order valence-electron chi connectivity index (χ4n) is 3.86. The zero-order valence-electron chi connectivity index (χ0n) is 15.3. The Kier molecular flexibility index (Phi) is 5.36. The third-order valence-corrected chi connectivity index (χ3v) is 5.45. The smallest absolute Gasteiger partial charge is 0.321 e. The third-order valence-electron chi connectivity index (χ3n) is 5.45. The molecular formula is C21H25FN4O. The van der Waals surface area contributed by atoms with Crippen LogP contribution >= 0.6 is 0 Å². The molecule has 4 rings (SSSR count). The number of halogens is 1. The maximum atomic E-state index is 13.4. The summed E-state index contributed by atoms with van der Waals surface area (Å²) in [5.74, 6) is -0.252. The largest absolute Gasteiger partial charge is 0.322 e. The van der Waals surface area contributed by atoms with E-state index < -0.39 is 0 Å². The molecular weight excluding hydrogens is 343 g/mol. The Labute approximate surface area is 159 Å². The summed E-state index contributed by atoms with van der Waals surface area (Å²) in [6.07, 6.45) is 1.20. The number of carbonyl (C=O) groups is 1. The quantitative estimate of drug-likeness (QED) is 0.876. The van der Waals surface area contributed by atoms with E-state index in [-0.39, 0.29) is 11.8 Å². The maximum absolute atomic E-state index is 13.4. The zero-order valence-corrected chi connectivity index (χ0v) is 15.3. The van der Waals surface area contributed by atoms with Gasteiger partial charge in [0.25, 0.3) is 0 Å². The van der Waals surface area contributed by atoms with Crippen molar-refractivity contribution < 1.29 is 9.18 Å². The highest BCUT2D eigenvalue weighted by atomic mass is 19.1. The Morgan fingerprint density at radius 1 is 1.04 bits per heavy atom. The lowest BCUT2D eigenvalue weighted by atomic mass is 10.1. The van der Waals surface area contributed by atoms with E-state index in [0.29, 0.717) is 6.04 Å². The van der Waals surface area contributed by atoms with Gasteiger partial charge in [-0.2, -0.15) is 0 Å². The first-order valence-corrected chi connectivity index (χ1v) is 9.56. The molecule has 2 fully saturated rings. The molecule has 0 unspecified atom stereocenters. The van der Waals surface area contributed by atoms with E-state index in [2.05, 4.69) is 15.5 Å². The summed E-state index contributed by atoms with van der Waals surface area (Å²) in [6, 6.07) is 14.6. The van der Waals surface area contributed by atoms with Gasteiger partial charge in [0.15, 0.2) is 0 Å². The van der Waals surface area contributed by atoms with Gasteiger partial charge < -0.3 is 15.5 Å². The number of nitrogens with zero attached hydrogens (tertiary/aromatic N) is 2. The van der Waals surface area contributed by atoms with Crippen molar-refractivity contribution in [3.63, 3.8) is 0 Å². The molecule has 142 valence electrons. The summed E-state index contributed by atoms with van der Waals surface area (Å²) in [4.78, 5) is 16.9. The number of rotatable bonds is 3. The van der Waals surface area contributed by atoms with E-state index in [1.54, 1.807) is 6.07 Å². The second kappa shape index (κ2) is 8.06. The number of piperazine rings is 1. The van der Waals surface area contributed by atoms with Crippen molar-refractivity contribution >= 4 is 11.7 Å². The predicted molar refractivity (Wildman–Crippen MR) is 105 cm³/mol. The number of carbonyl (C=O) groups excluding carboxylic acids is 1. The van der Waals surface area contributed by atoms with Crippen LogP contribution in [0.3, 0.4) is 0 Å². The minimum atomic E-state index is -0.252. The summed E-state index contributed by atoms with van der Waals surface area (Å²) < 4.78 is 13.4. The lowest BCUT2D eigenvalue weighted by Crippen LogP contribution is -2.53.